The highest BCUT2D eigenvalue weighted by Crippen LogP contribution is 2.37. The molecular formula is C27H34F2O. The number of allylic oxidation sites excluding steroid dienone is 1. The fraction of sp³-hybridized carbons (Fsp3) is 0.481. The Morgan fingerprint density at radius 1 is 0.900 bits per heavy atom. The minimum atomic E-state index is -0.923. The van der Waals surface area contributed by atoms with Crippen LogP contribution in [0.4, 0.5) is 8.78 Å². The molecule has 1 aliphatic carbocycles. The van der Waals surface area contributed by atoms with Crippen molar-refractivity contribution in [1.29, 1.82) is 0 Å². The topological polar surface area (TPSA) is 9.23 Å². The van der Waals surface area contributed by atoms with E-state index in [9.17, 15) is 8.78 Å². The first-order valence-electron chi connectivity index (χ1n) is 11.4. The van der Waals surface area contributed by atoms with Crippen LogP contribution in [0.5, 0.6) is 5.75 Å². The molecule has 2 aromatic rings. The van der Waals surface area contributed by atoms with Crippen molar-refractivity contribution < 1.29 is 13.5 Å². The van der Waals surface area contributed by atoms with E-state index < -0.39 is 11.6 Å². The van der Waals surface area contributed by atoms with Crippen LogP contribution >= 0.6 is 0 Å². The first kappa shape index (κ1) is 22.5. The van der Waals surface area contributed by atoms with E-state index in [1.165, 1.54) is 44.6 Å². The molecule has 0 radical (unpaired) electrons. The minimum absolute atomic E-state index is 0.0308. The third kappa shape index (κ3) is 5.50. The lowest BCUT2D eigenvalue weighted by Gasteiger charge is -2.28. The van der Waals surface area contributed by atoms with Crippen LogP contribution in [0.1, 0.15) is 70.8 Å². The molecule has 0 saturated heterocycles. The molecule has 0 spiro atoms. The average molecular weight is 413 g/mol. The molecule has 1 fully saturated rings. The molecule has 0 bridgehead atoms. The summed E-state index contributed by atoms with van der Waals surface area (Å²) in [6.45, 7) is 8.86. The zero-order valence-corrected chi connectivity index (χ0v) is 18.4. The maximum atomic E-state index is 14.6. The van der Waals surface area contributed by atoms with E-state index in [1.54, 1.807) is 6.07 Å². The van der Waals surface area contributed by atoms with Gasteiger partial charge in [-0.15, -0.1) is 0 Å². The summed E-state index contributed by atoms with van der Waals surface area (Å²) in [5.41, 5.74) is 3.13. The first-order valence-corrected chi connectivity index (χ1v) is 11.4. The van der Waals surface area contributed by atoms with Gasteiger partial charge in [-0.3, -0.25) is 0 Å². The first-order chi connectivity index (χ1) is 14.5. The van der Waals surface area contributed by atoms with Gasteiger partial charge in [0.05, 0.1) is 6.61 Å². The van der Waals surface area contributed by atoms with Gasteiger partial charge in [-0.1, -0.05) is 70.4 Å². The fourth-order valence-electron chi connectivity index (χ4n) is 4.56. The third-order valence-electron chi connectivity index (χ3n) is 6.31. The quantitative estimate of drug-likeness (QED) is 0.401. The van der Waals surface area contributed by atoms with Gasteiger partial charge in [0, 0.05) is 5.56 Å². The maximum absolute atomic E-state index is 14.6. The summed E-state index contributed by atoms with van der Waals surface area (Å²) in [5.74, 6) is -0.191. The second kappa shape index (κ2) is 10.7. The number of halogens is 2. The van der Waals surface area contributed by atoms with Crippen LogP contribution in [0.15, 0.2) is 43.0 Å². The molecule has 0 heterocycles. The van der Waals surface area contributed by atoms with E-state index in [0.717, 1.165) is 29.9 Å². The predicted molar refractivity (Wildman–Crippen MR) is 122 cm³/mol. The van der Waals surface area contributed by atoms with Gasteiger partial charge in [0.2, 0.25) is 5.82 Å². The summed E-state index contributed by atoms with van der Waals surface area (Å²) >= 11 is 0. The minimum Gasteiger partial charge on any atom is -0.490 e. The lowest BCUT2D eigenvalue weighted by Crippen LogP contribution is -2.14. The summed E-state index contributed by atoms with van der Waals surface area (Å²) in [6.07, 6.45) is 9.67. The van der Waals surface area contributed by atoms with E-state index in [2.05, 4.69) is 13.5 Å². The SMILES string of the molecule is C=C(CC1CCC(CCC)CC1)c1ccc(-c2ccc(OCCC)c(F)c2F)cc1. The summed E-state index contributed by atoms with van der Waals surface area (Å²) in [5, 5.41) is 0. The van der Waals surface area contributed by atoms with Crippen LogP contribution in [-0.4, -0.2) is 6.61 Å². The third-order valence-corrected chi connectivity index (χ3v) is 6.31. The van der Waals surface area contributed by atoms with E-state index in [0.29, 0.717) is 18.1 Å². The standard InChI is InChI=1S/C27H34F2O/c1-4-6-20-7-9-21(10-8-20)18-19(3)22-11-13-23(14-12-22)24-15-16-25(30-17-5-2)27(29)26(24)28/h11-16,20-21H,3-10,17-18H2,1-2H3. The van der Waals surface area contributed by atoms with E-state index >= 15 is 0 Å². The zero-order valence-electron chi connectivity index (χ0n) is 18.4. The van der Waals surface area contributed by atoms with Crippen molar-refractivity contribution in [2.24, 2.45) is 11.8 Å². The van der Waals surface area contributed by atoms with Crippen LogP contribution in [0.3, 0.4) is 0 Å². The van der Waals surface area contributed by atoms with E-state index in [4.69, 9.17) is 4.74 Å². The molecule has 0 aliphatic heterocycles. The Hall–Kier alpha value is -2.16. The van der Waals surface area contributed by atoms with Crippen molar-refractivity contribution in [2.45, 2.75) is 65.2 Å². The highest BCUT2D eigenvalue weighted by molar-refractivity contribution is 5.70. The van der Waals surface area contributed by atoms with Crippen molar-refractivity contribution in [2.75, 3.05) is 6.61 Å². The molecule has 0 atom stereocenters. The molecule has 0 amide bonds. The zero-order chi connectivity index (χ0) is 21.5. The van der Waals surface area contributed by atoms with Crippen LogP contribution in [-0.2, 0) is 0 Å². The van der Waals surface area contributed by atoms with Gasteiger partial charge in [-0.25, -0.2) is 4.39 Å². The second-order valence-electron chi connectivity index (χ2n) is 8.65. The highest BCUT2D eigenvalue weighted by Gasteiger charge is 2.21. The maximum Gasteiger partial charge on any atom is 0.201 e. The molecule has 3 rings (SSSR count). The predicted octanol–water partition coefficient (Wildman–Crippen LogP) is 8.43. The van der Waals surface area contributed by atoms with Gasteiger partial charge in [0.1, 0.15) is 0 Å². The van der Waals surface area contributed by atoms with E-state index in [-0.39, 0.29) is 11.3 Å². The van der Waals surface area contributed by atoms with Gasteiger partial charge in [-0.2, -0.15) is 4.39 Å². The molecule has 0 unspecified atom stereocenters. The van der Waals surface area contributed by atoms with Crippen LogP contribution in [0, 0.1) is 23.5 Å². The van der Waals surface area contributed by atoms with Crippen molar-refractivity contribution in [1.82, 2.24) is 0 Å². The molecule has 30 heavy (non-hydrogen) atoms. The normalized spacial score (nSPS) is 18.9. The summed E-state index contributed by atoms with van der Waals surface area (Å²) in [4.78, 5) is 0. The number of ether oxygens (including phenoxy) is 1. The average Bonchev–Trinajstić information content (AvgIpc) is 2.76. The Kier molecular flexibility index (Phi) is 8.07. The summed E-state index contributed by atoms with van der Waals surface area (Å²) in [6, 6.07) is 10.7. The van der Waals surface area contributed by atoms with Crippen molar-refractivity contribution in [3.63, 3.8) is 0 Å². The van der Waals surface area contributed by atoms with Crippen molar-refractivity contribution in [3.05, 3.63) is 60.2 Å². The second-order valence-corrected chi connectivity index (χ2v) is 8.65. The molecule has 1 saturated carbocycles. The monoisotopic (exact) mass is 412 g/mol. The number of hydrogen-bond acceptors (Lipinski definition) is 1. The highest BCUT2D eigenvalue weighted by atomic mass is 19.2. The van der Waals surface area contributed by atoms with Gasteiger partial charge in [0.15, 0.2) is 11.6 Å². The smallest absolute Gasteiger partial charge is 0.201 e. The van der Waals surface area contributed by atoms with Gasteiger partial charge in [-0.05, 0) is 66.4 Å². The molecule has 2 aromatic carbocycles. The van der Waals surface area contributed by atoms with E-state index in [1.807, 2.05) is 31.2 Å². The Balaban J connectivity index is 1.64. The summed E-state index contributed by atoms with van der Waals surface area (Å²) < 4.78 is 34.1. The molecule has 3 heteroatoms. The fourth-order valence-corrected chi connectivity index (χ4v) is 4.56. The molecule has 0 aromatic heterocycles. The summed E-state index contributed by atoms with van der Waals surface area (Å²) in [7, 11) is 0. The van der Waals surface area contributed by atoms with Crippen LogP contribution < -0.4 is 4.74 Å². The van der Waals surface area contributed by atoms with Gasteiger partial charge >= 0.3 is 0 Å². The lowest BCUT2D eigenvalue weighted by atomic mass is 9.77. The largest absolute Gasteiger partial charge is 0.490 e. The molecule has 162 valence electrons. The number of hydrogen-bond donors (Lipinski definition) is 0. The Labute approximate surface area is 180 Å². The van der Waals surface area contributed by atoms with Crippen molar-refractivity contribution >= 4 is 5.57 Å². The molecule has 0 N–H and O–H groups in total. The Morgan fingerprint density at radius 2 is 1.57 bits per heavy atom. The Morgan fingerprint density at radius 3 is 2.20 bits per heavy atom. The Bertz CT molecular complexity index is 833. The lowest BCUT2D eigenvalue weighted by molar-refractivity contribution is 0.265. The van der Waals surface area contributed by atoms with Crippen LogP contribution in [0.2, 0.25) is 0 Å². The number of rotatable bonds is 9. The van der Waals surface area contributed by atoms with Gasteiger partial charge in [0.25, 0.3) is 0 Å². The van der Waals surface area contributed by atoms with Gasteiger partial charge < -0.3 is 4.74 Å². The van der Waals surface area contributed by atoms with Crippen LogP contribution in [0.25, 0.3) is 16.7 Å². The molecular weight excluding hydrogens is 378 g/mol. The number of benzene rings is 2. The van der Waals surface area contributed by atoms with Crippen molar-refractivity contribution in [3.8, 4) is 16.9 Å². The molecule has 1 nitrogen and oxygen atoms in total. The molecule has 1 aliphatic rings.